The van der Waals surface area contributed by atoms with E-state index in [1.807, 2.05) is 0 Å². The fraction of sp³-hybridized carbons (Fsp3) is 1.00. The third-order valence-corrected chi connectivity index (χ3v) is 140. The van der Waals surface area contributed by atoms with Gasteiger partial charge >= 0.3 is 0 Å². The molecule has 0 spiro atoms. The Morgan fingerprint density at radius 3 is 0.944 bits per heavy atom. The van der Waals surface area contributed by atoms with Crippen LogP contribution in [0.2, 0.25) is 0 Å². The van der Waals surface area contributed by atoms with Gasteiger partial charge in [0.2, 0.25) is 0 Å². The van der Waals surface area contributed by atoms with E-state index in [0.29, 0.717) is 20.7 Å². The van der Waals surface area contributed by atoms with Gasteiger partial charge in [-0.1, -0.05) is 62.2 Å². The highest BCUT2D eigenvalue weighted by Crippen LogP contribution is 3.21. The van der Waals surface area contributed by atoms with Crippen molar-refractivity contribution in [2.75, 3.05) is 0 Å². The van der Waals surface area contributed by atoms with Crippen LogP contribution in [0.3, 0.4) is 0 Å². The van der Waals surface area contributed by atoms with E-state index >= 15 is 0 Å². The standard InChI is InChI=1S/C9H21P9/c1-7(2)10-11(8(3)4)14-15-12(9(5)6)16-17(13(10)15)18(14)16/h7-9H,1-6H3. The maximum Gasteiger partial charge on any atom is 0.000476 e. The van der Waals surface area contributed by atoms with Crippen molar-refractivity contribution in [3.8, 4) is 0 Å². The van der Waals surface area contributed by atoms with Crippen LogP contribution in [0.1, 0.15) is 58.5 Å². The van der Waals surface area contributed by atoms with Crippen LogP contribution in [-0.2, 0) is 0 Å². The van der Waals surface area contributed by atoms with Gasteiger partial charge in [0.25, 0.3) is 0 Å². The van der Waals surface area contributed by atoms with E-state index < -0.39 is 0 Å². The minimum absolute atomic E-state index is 0.597. The summed E-state index contributed by atoms with van der Waals surface area (Å²) in [6.07, 6.45) is 4.72. The average Bonchev–Trinajstić information content (AvgIpc) is 2.62. The van der Waals surface area contributed by atoms with Gasteiger partial charge in [-0.25, -0.2) is 0 Å². The first-order valence-corrected chi connectivity index (χ1v) is 27.4. The molecule has 0 nitrogen and oxygen atoms in total. The Kier molecular flexibility index (Phi) is 3.65. The first kappa shape index (κ1) is 14.3. The lowest BCUT2D eigenvalue weighted by Gasteiger charge is -2.14. The van der Waals surface area contributed by atoms with E-state index in [9.17, 15) is 0 Å². The third kappa shape index (κ3) is 1.59. The van der Waals surface area contributed by atoms with Gasteiger partial charge in [0.1, 0.15) is 0 Å². The lowest BCUT2D eigenvalue weighted by Crippen LogP contribution is -1.68. The number of hydrogen-bond donors (Lipinski definition) is 0. The van der Waals surface area contributed by atoms with E-state index in [-0.39, 0.29) is 0 Å². The molecule has 0 N–H and O–H groups in total. The molecule has 18 heavy (non-hydrogen) atoms. The Labute approximate surface area is 117 Å². The van der Waals surface area contributed by atoms with Crippen LogP contribution in [0.15, 0.2) is 0 Å². The molecule has 5 aromatic rings. The second-order valence-electron chi connectivity index (χ2n) is 5.85. The minimum atomic E-state index is 0.597. The molecule has 6 bridgehead atoms. The lowest BCUT2D eigenvalue weighted by atomic mass is 10.6. The van der Waals surface area contributed by atoms with Crippen LogP contribution in [0.25, 0.3) is 0 Å². The van der Waals surface area contributed by atoms with Crippen molar-refractivity contribution in [3.05, 3.63) is 0 Å². The normalized spacial score (nSPS) is 23.5. The Bertz CT molecular complexity index is 757. The molecular formula is C9H21P9. The van der Waals surface area contributed by atoms with Crippen molar-refractivity contribution in [3.63, 3.8) is 0 Å². The molecule has 9 heteroatoms. The summed E-state index contributed by atoms with van der Waals surface area (Å²) in [4.78, 5) is 0. The molecule has 0 radical (unpaired) electrons. The summed E-state index contributed by atoms with van der Waals surface area (Å²) in [7, 11) is 0. The molecule has 0 aliphatic heterocycles. The van der Waals surface area contributed by atoms with Gasteiger partial charge in [-0.2, -0.15) is 0 Å². The molecule has 0 saturated carbocycles. The summed E-state index contributed by atoms with van der Waals surface area (Å²) in [6, 6.07) is 0. The summed E-state index contributed by atoms with van der Waals surface area (Å²) in [5.74, 6) is 0. The van der Waals surface area contributed by atoms with Crippen molar-refractivity contribution in [1.29, 1.82) is 0 Å². The van der Waals surface area contributed by atoms with Crippen LogP contribution in [0.4, 0.5) is 0 Å². The van der Waals surface area contributed by atoms with Gasteiger partial charge in [0, 0.05) is 5.66 Å². The summed E-state index contributed by atoms with van der Waals surface area (Å²) < 4.78 is 0. The molecule has 0 amide bonds. The summed E-state index contributed by atoms with van der Waals surface area (Å²) in [5.41, 5.74) is 3.40. The molecule has 7 atom stereocenters. The first-order chi connectivity index (χ1) is 8.46. The van der Waals surface area contributed by atoms with Crippen molar-refractivity contribution in [1.82, 2.24) is 0 Å². The second kappa shape index (κ2) is 4.60. The van der Waals surface area contributed by atoms with Crippen molar-refractivity contribution < 1.29 is 0 Å². The van der Waals surface area contributed by atoms with Gasteiger partial charge in [0.05, 0.1) is 0 Å². The third-order valence-electron chi connectivity index (χ3n) is 3.42. The van der Waals surface area contributed by atoms with Gasteiger partial charge in [-0.15, -0.1) is 0 Å². The highest BCUT2D eigenvalue weighted by Gasteiger charge is 2.39. The van der Waals surface area contributed by atoms with Crippen molar-refractivity contribution >= 4 is 58.9 Å². The van der Waals surface area contributed by atoms with E-state index in [1.165, 1.54) is 0 Å². The monoisotopic (exact) mass is 408 g/mol. The molecule has 0 fully saturated rings. The van der Waals surface area contributed by atoms with E-state index in [0.717, 1.165) is 55.2 Å². The maximum absolute atomic E-state index is 2.61. The SMILES string of the molecule is CC(C)p1p(C(C)C)p2p3p(C(C)C)p4p(p13)p24. The maximum atomic E-state index is 2.61. The fourth-order valence-corrected chi connectivity index (χ4v) is 320. The molecule has 0 aliphatic carbocycles. The highest BCUT2D eigenvalue weighted by atomic mass is 33.3. The topological polar surface area (TPSA) is 0 Å². The Hall–Kier alpha value is 2.70. The quantitative estimate of drug-likeness (QED) is 0.316. The van der Waals surface area contributed by atoms with Gasteiger partial charge < -0.3 is 0 Å². The summed E-state index contributed by atoms with van der Waals surface area (Å²) in [5, 5.41) is 0. The van der Waals surface area contributed by atoms with Gasteiger partial charge in [-0.05, 0) is 49.5 Å². The van der Waals surface area contributed by atoms with Crippen molar-refractivity contribution in [2.24, 2.45) is 0 Å². The first-order valence-electron chi connectivity index (χ1n) is 6.64. The van der Waals surface area contributed by atoms with Crippen LogP contribution in [-0.4, -0.2) is 0 Å². The largest absolute Gasteiger partial charge is 0.0632 e. The van der Waals surface area contributed by atoms with E-state index in [2.05, 4.69) is 41.5 Å². The van der Waals surface area contributed by atoms with Gasteiger partial charge in [-0.3, -0.25) is 0 Å². The summed E-state index contributed by atoms with van der Waals surface area (Å²) in [6.45, 7) is 17.6. The fourth-order valence-electron chi connectivity index (χ4n) is 2.80. The molecule has 0 saturated heterocycles. The molecule has 5 aromatic heterocycles. The number of hydrogen-bond acceptors (Lipinski definition) is 0. The van der Waals surface area contributed by atoms with Crippen LogP contribution < -0.4 is 0 Å². The Balaban J connectivity index is 2.17. The molecule has 0 aromatic carbocycles. The van der Waals surface area contributed by atoms with Gasteiger partial charge in [0.15, 0.2) is 0 Å². The van der Waals surface area contributed by atoms with Crippen molar-refractivity contribution in [2.45, 2.75) is 58.5 Å². The Morgan fingerprint density at radius 2 is 0.667 bits per heavy atom. The zero-order valence-corrected chi connectivity index (χ0v) is 19.8. The number of rotatable bonds is 3. The second-order valence-corrected chi connectivity index (χ2v) is 63.3. The van der Waals surface area contributed by atoms with E-state index in [4.69, 9.17) is 0 Å². The smallest absolute Gasteiger partial charge is 0.000476 e. The molecular weight excluding hydrogens is 387 g/mol. The van der Waals surface area contributed by atoms with Crippen LogP contribution in [0, 0.1) is 0 Å². The zero-order chi connectivity index (χ0) is 12.9. The molecule has 102 valence electrons. The molecule has 7 unspecified atom stereocenters. The highest BCUT2D eigenvalue weighted by molar-refractivity contribution is 9.22. The minimum Gasteiger partial charge on any atom is -0.0632 e. The predicted molar refractivity (Wildman–Crippen MR) is 107 cm³/mol. The lowest BCUT2D eigenvalue weighted by molar-refractivity contribution is 1.03. The Morgan fingerprint density at radius 1 is 0.389 bits per heavy atom. The average molecular weight is 408 g/mol. The summed E-state index contributed by atoms with van der Waals surface area (Å²) >= 11 is 0. The van der Waals surface area contributed by atoms with Crippen LogP contribution >= 0.6 is 58.9 Å². The molecule has 5 rings (SSSR count). The molecule has 5 heterocycles. The van der Waals surface area contributed by atoms with E-state index in [1.54, 1.807) is 0 Å². The molecule has 0 aliphatic rings. The van der Waals surface area contributed by atoms with Crippen LogP contribution in [0.5, 0.6) is 0 Å². The zero-order valence-electron chi connectivity index (χ0n) is 11.8. The predicted octanol–water partition coefficient (Wildman–Crippen LogP) is 11.6.